The molecule has 1 aromatic carbocycles. The van der Waals surface area contributed by atoms with Gasteiger partial charge in [0.15, 0.2) is 0 Å². The van der Waals surface area contributed by atoms with Crippen molar-refractivity contribution in [1.82, 2.24) is 0 Å². The number of halogens is 1. The van der Waals surface area contributed by atoms with E-state index in [-0.39, 0.29) is 5.92 Å². The normalized spacial score (nSPS) is 12.1. The van der Waals surface area contributed by atoms with Crippen molar-refractivity contribution in [2.24, 2.45) is 5.92 Å². The van der Waals surface area contributed by atoms with Gasteiger partial charge < -0.3 is 9.84 Å². The molecule has 3 nitrogen and oxygen atoms in total. The number of rotatable bonds is 7. The maximum atomic E-state index is 10.6. The van der Waals surface area contributed by atoms with Crippen LogP contribution in [0.25, 0.3) is 0 Å². The summed E-state index contributed by atoms with van der Waals surface area (Å²) in [4.78, 5) is 10.6. The summed E-state index contributed by atoms with van der Waals surface area (Å²) in [6.45, 7) is 2.27. The summed E-state index contributed by atoms with van der Waals surface area (Å²) >= 11 is 7.32. The SMILES string of the molecule is CC(CSCCOc1ccc(Cl)cc1)C(=O)O. The van der Waals surface area contributed by atoms with Gasteiger partial charge in [0, 0.05) is 16.5 Å². The van der Waals surface area contributed by atoms with Crippen molar-refractivity contribution in [1.29, 1.82) is 0 Å². The van der Waals surface area contributed by atoms with Gasteiger partial charge in [-0.3, -0.25) is 4.79 Å². The summed E-state index contributed by atoms with van der Waals surface area (Å²) in [7, 11) is 0. The molecule has 0 aliphatic rings. The number of hydrogen-bond donors (Lipinski definition) is 1. The number of aliphatic carboxylic acids is 1. The van der Waals surface area contributed by atoms with E-state index >= 15 is 0 Å². The standard InChI is InChI=1S/C12H15ClO3S/c1-9(12(14)15)8-17-7-6-16-11-4-2-10(13)3-5-11/h2-5,9H,6-8H2,1H3,(H,14,15). The van der Waals surface area contributed by atoms with Crippen LogP contribution in [-0.4, -0.2) is 29.2 Å². The summed E-state index contributed by atoms with van der Waals surface area (Å²) in [6, 6.07) is 7.17. The highest BCUT2D eigenvalue weighted by molar-refractivity contribution is 7.99. The fourth-order valence-corrected chi connectivity index (χ4v) is 2.07. The van der Waals surface area contributed by atoms with Crippen molar-refractivity contribution in [2.75, 3.05) is 18.1 Å². The Morgan fingerprint density at radius 3 is 2.71 bits per heavy atom. The molecule has 1 aromatic rings. The van der Waals surface area contributed by atoms with Crippen LogP contribution < -0.4 is 4.74 Å². The van der Waals surface area contributed by atoms with Crippen molar-refractivity contribution < 1.29 is 14.6 Å². The van der Waals surface area contributed by atoms with Gasteiger partial charge in [-0.25, -0.2) is 0 Å². The van der Waals surface area contributed by atoms with Crippen LogP contribution in [0.5, 0.6) is 5.75 Å². The predicted molar refractivity (Wildman–Crippen MR) is 71.1 cm³/mol. The maximum Gasteiger partial charge on any atom is 0.307 e. The zero-order chi connectivity index (χ0) is 12.7. The summed E-state index contributed by atoms with van der Waals surface area (Å²) in [6.07, 6.45) is 0. The number of carbonyl (C=O) groups is 1. The molecule has 0 aliphatic carbocycles. The summed E-state index contributed by atoms with van der Waals surface area (Å²) in [5, 5.41) is 9.37. The topological polar surface area (TPSA) is 46.5 Å². The molecule has 0 aliphatic heterocycles. The van der Waals surface area contributed by atoms with Gasteiger partial charge in [-0.2, -0.15) is 11.8 Å². The van der Waals surface area contributed by atoms with Gasteiger partial charge in [0.05, 0.1) is 12.5 Å². The van der Waals surface area contributed by atoms with E-state index in [0.717, 1.165) is 11.5 Å². The Bertz CT molecular complexity index is 353. The molecule has 0 bridgehead atoms. The lowest BCUT2D eigenvalue weighted by atomic mass is 10.2. The molecule has 0 spiro atoms. The van der Waals surface area contributed by atoms with Crippen molar-refractivity contribution in [3.05, 3.63) is 29.3 Å². The monoisotopic (exact) mass is 274 g/mol. The summed E-state index contributed by atoms with van der Waals surface area (Å²) in [5.74, 6) is 1.10. The van der Waals surface area contributed by atoms with Crippen molar-refractivity contribution in [3.63, 3.8) is 0 Å². The lowest BCUT2D eigenvalue weighted by Gasteiger charge is -2.07. The Hall–Kier alpha value is -0.870. The molecule has 0 aromatic heterocycles. The molecule has 0 saturated carbocycles. The molecule has 0 amide bonds. The first-order valence-electron chi connectivity index (χ1n) is 5.28. The second-order valence-corrected chi connectivity index (χ2v) is 5.20. The van der Waals surface area contributed by atoms with Crippen LogP contribution in [0.4, 0.5) is 0 Å². The molecule has 0 saturated heterocycles. The Kier molecular flexibility index (Phi) is 6.22. The fourth-order valence-electron chi connectivity index (χ4n) is 1.08. The Morgan fingerprint density at radius 1 is 1.47 bits per heavy atom. The van der Waals surface area contributed by atoms with Crippen molar-refractivity contribution in [2.45, 2.75) is 6.92 Å². The highest BCUT2D eigenvalue weighted by atomic mass is 35.5. The van der Waals surface area contributed by atoms with Crippen molar-refractivity contribution >= 4 is 29.3 Å². The largest absolute Gasteiger partial charge is 0.493 e. The smallest absolute Gasteiger partial charge is 0.307 e. The zero-order valence-electron chi connectivity index (χ0n) is 9.56. The third-order valence-electron chi connectivity index (χ3n) is 2.10. The van der Waals surface area contributed by atoms with Gasteiger partial charge in [0.25, 0.3) is 0 Å². The number of thioether (sulfide) groups is 1. The summed E-state index contributed by atoms with van der Waals surface area (Å²) in [5.41, 5.74) is 0. The average Bonchev–Trinajstić information content (AvgIpc) is 2.30. The van der Waals surface area contributed by atoms with Gasteiger partial charge in [-0.1, -0.05) is 18.5 Å². The fraction of sp³-hybridized carbons (Fsp3) is 0.417. The third-order valence-corrected chi connectivity index (χ3v) is 3.54. The molecule has 0 radical (unpaired) electrons. The number of carboxylic acid groups (broad SMARTS) is 1. The van der Waals surface area contributed by atoms with Crippen LogP contribution in [0.2, 0.25) is 5.02 Å². The Labute approximate surface area is 110 Å². The van der Waals surface area contributed by atoms with Gasteiger partial charge >= 0.3 is 5.97 Å². The number of hydrogen-bond acceptors (Lipinski definition) is 3. The molecule has 1 unspecified atom stereocenters. The Balaban J connectivity index is 2.12. The molecule has 5 heteroatoms. The molecule has 1 N–H and O–H groups in total. The maximum absolute atomic E-state index is 10.6. The van der Waals surface area contributed by atoms with Crippen LogP contribution in [-0.2, 0) is 4.79 Å². The van der Waals surface area contributed by atoms with Gasteiger partial charge in [-0.05, 0) is 24.3 Å². The van der Waals surface area contributed by atoms with E-state index in [1.165, 1.54) is 0 Å². The minimum absolute atomic E-state index is 0.310. The van der Waals surface area contributed by atoms with Crippen molar-refractivity contribution in [3.8, 4) is 5.75 Å². The number of carboxylic acids is 1. The van der Waals surface area contributed by atoms with E-state index in [0.29, 0.717) is 17.4 Å². The van der Waals surface area contributed by atoms with Crippen LogP contribution in [0, 0.1) is 5.92 Å². The molecule has 1 atom stereocenters. The van der Waals surface area contributed by atoms with E-state index in [1.54, 1.807) is 30.8 Å². The number of benzene rings is 1. The molecule has 1 rings (SSSR count). The molecular weight excluding hydrogens is 260 g/mol. The first-order valence-corrected chi connectivity index (χ1v) is 6.82. The van der Waals surface area contributed by atoms with E-state index in [4.69, 9.17) is 21.4 Å². The minimum Gasteiger partial charge on any atom is -0.493 e. The van der Waals surface area contributed by atoms with Gasteiger partial charge in [-0.15, -0.1) is 0 Å². The first kappa shape index (κ1) is 14.2. The van der Waals surface area contributed by atoms with Gasteiger partial charge in [0.2, 0.25) is 0 Å². The molecule has 0 fully saturated rings. The van der Waals surface area contributed by atoms with E-state index in [9.17, 15) is 4.79 Å². The first-order chi connectivity index (χ1) is 8.09. The van der Waals surface area contributed by atoms with Crippen LogP contribution in [0.3, 0.4) is 0 Å². The zero-order valence-corrected chi connectivity index (χ0v) is 11.1. The second kappa shape index (κ2) is 7.45. The minimum atomic E-state index is -0.754. The van der Waals surface area contributed by atoms with E-state index in [1.807, 2.05) is 12.1 Å². The quantitative estimate of drug-likeness (QED) is 0.776. The molecule has 17 heavy (non-hydrogen) atoms. The number of ether oxygens (including phenoxy) is 1. The van der Waals surface area contributed by atoms with Crippen LogP contribution in [0.15, 0.2) is 24.3 Å². The van der Waals surface area contributed by atoms with Crippen LogP contribution >= 0.6 is 23.4 Å². The van der Waals surface area contributed by atoms with E-state index < -0.39 is 5.97 Å². The molecular formula is C12H15ClO3S. The molecule has 94 valence electrons. The lowest BCUT2D eigenvalue weighted by Crippen LogP contribution is -2.13. The summed E-state index contributed by atoms with van der Waals surface area (Å²) < 4.78 is 5.48. The Morgan fingerprint density at radius 2 is 2.12 bits per heavy atom. The predicted octanol–water partition coefficient (Wildman–Crippen LogP) is 3.17. The average molecular weight is 275 g/mol. The lowest BCUT2D eigenvalue weighted by molar-refractivity contribution is -0.140. The highest BCUT2D eigenvalue weighted by Crippen LogP contribution is 2.16. The third kappa shape index (κ3) is 5.84. The van der Waals surface area contributed by atoms with Gasteiger partial charge in [0.1, 0.15) is 5.75 Å². The highest BCUT2D eigenvalue weighted by Gasteiger charge is 2.09. The van der Waals surface area contributed by atoms with E-state index in [2.05, 4.69) is 0 Å². The second-order valence-electron chi connectivity index (χ2n) is 3.62. The van der Waals surface area contributed by atoms with Crippen LogP contribution in [0.1, 0.15) is 6.92 Å². The molecule has 0 heterocycles.